The fraction of sp³-hybridized carbons (Fsp3) is 0.571. The van der Waals surface area contributed by atoms with Crippen LogP contribution in [0.4, 0.5) is 0 Å². The number of hydrogen-bond donors (Lipinski definition) is 2. The van der Waals surface area contributed by atoms with Crippen molar-refractivity contribution in [3.05, 3.63) is 21.9 Å². The summed E-state index contributed by atoms with van der Waals surface area (Å²) in [5.41, 5.74) is 6.42. The Kier molecular flexibility index (Phi) is 4.79. The highest BCUT2D eigenvalue weighted by Gasteiger charge is 2.25. The standard InChI is InChI=1S/C14H20N2OS/c1-11(17)13-4-6-16(8-13)9-14-7-12(10-18-14)3-2-5-15/h7,10-11,13,17H,4-6,8-9,15H2,1H3. The van der Waals surface area contributed by atoms with Crippen molar-refractivity contribution in [1.29, 1.82) is 0 Å². The number of likely N-dealkylation sites (tertiary alicyclic amines) is 1. The normalized spacial score (nSPS) is 21.6. The zero-order chi connectivity index (χ0) is 13.0. The third kappa shape index (κ3) is 3.56. The van der Waals surface area contributed by atoms with Gasteiger partial charge in [0, 0.05) is 28.9 Å². The molecule has 2 heterocycles. The van der Waals surface area contributed by atoms with E-state index in [-0.39, 0.29) is 6.10 Å². The Morgan fingerprint density at radius 3 is 3.17 bits per heavy atom. The van der Waals surface area contributed by atoms with Crippen LogP contribution in [-0.2, 0) is 6.54 Å². The Labute approximate surface area is 113 Å². The summed E-state index contributed by atoms with van der Waals surface area (Å²) in [5.74, 6) is 6.36. The highest BCUT2D eigenvalue weighted by Crippen LogP contribution is 2.23. The average molecular weight is 264 g/mol. The molecule has 1 aliphatic heterocycles. The minimum absolute atomic E-state index is 0.190. The maximum absolute atomic E-state index is 9.58. The Bertz CT molecular complexity index is 444. The Hall–Kier alpha value is -0.860. The highest BCUT2D eigenvalue weighted by atomic mass is 32.1. The molecule has 0 bridgehead atoms. The van der Waals surface area contributed by atoms with Crippen LogP contribution in [0.1, 0.15) is 23.8 Å². The van der Waals surface area contributed by atoms with E-state index in [9.17, 15) is 5.11 Å². The molecule has 0 amide bonds. The largest absolute Gasteiger partial charge is 0.393 e. The highest BCUT2D eigenvalue weighted by molar-refractivity contribution is 7.10. The number of hydrogen-bond acceptors (Lipinski definition) is 4. The lowest BCUT2D eigenvalue weighted by atomic mass is 10.0. The summed E-state index contributed by atoms with van der Waals surface area (Å²) in [6.07, 6.45) is 0.910. The monoisotopic (exact) mass is 264 g/mol. The molecule has 0 saturated carbocycles. The third-order valence-electron chi connectivity index (χ3n) is 3.36. The van der Waals surface area contributed by atoms with Crippen LogP contribution in [0.15, 0.2) is 11.4 Å². The number of rotatable bonds is 3. The van der Waals surface area contributed by atoms with E-state index in [1.54, 1.807) is 11.3 Å². The Morgan fingerprint density at radius 1 is 1.67 bits per heavy atom. The minimum Gasteiger partial charge on any atom is -0.393 e. The van der Waals surface area contributed by atoms with Crippen LogP contribution in [0.5, 0.6) is 0 Å². The van der Waals surface area contributed by atoms with Crippen molar-refractivity contribution in [3.63, 3.8) is 0 Å². The van der Waals surface area contributed by atoms with Gasteiger partial charge in [-0.3, -0.25) is 4.90 Å². The molecule has 0 aliphatic carbocycles. The first-order valence-electron chi connectivity index (χ1n) is 6.36. The lowest BCUT2D eigenvalue weighted by Gasteiger charge is -2.16. The number of aliphatic hydroxyl groups is 1. The van der Waals surface area contributed by atoms with Crippen LogP contribution in [0.3, 0.4) is 0 Å². The first-order chi connectivity index (χ1) is 8.69. The lowest BCUT2D eigenvalue weighted by molar-refractivity contribution is 0.127. The molecule has 0 radical (unpaired) electrons. The van der Waals surface area contributed by atoms with Crippen LogP contribution < -0.4 is 5.73 Å². The van der Waals surface area contributed by atoms with E-state index < -0.39 is 0 Å². The van der Waals surface area contributed by atoms with Gasteiger partial charge in [-0.15, -0.1) is 11.3 Å². The molecule has 1 fully saturated rings. The third-order valence-corrected chi connectivity index (χ3v) is 4.28. The van der Waals surface area contributed by atoms with Gasteiger partial charge >= 0.3 is 0 Å². The van der Waals surface area contributed by atoms with Crippen molar-refractivity contribution in [3.8, 4) is 11.8 Å². The summed E-state index contributed by atoms with van der Waals surface area (Å²) >= 11 is 1.75. The van der Waals surface area contributed by atoms with Gasteiger partial charge in [0.05, 0.1) is 12.6 Å². The van der Waals surface area contributed by atoms with Crippen LogP contribution >= 0.6 is 11.3 Å². The van der Waals surface area contributed by atoms with Crippen molar-refractivity contribution >= 4 is 11.3 Å². The van der Waals surface area contributed by atoms with Gasteiger partial charge in [-0.25, -0.2) is 0 Å². The smallest absolute Gasteiger partial charge is 0.0555 e. The predicted octanol–water partition coefficient (Wildman–Crippen LogP) is 1.26. The molecular weight excluding hydrogens is 244 g/mol. The lowest BCUT2D eigenvalue weighted by Crippen LogP contribution is -2.23. The summed E-state index contributed by atoms with van der Waals surface area (Å²) in [6.45, 7) is 5.35. The van der Waals surface area contributed by atoms with Crippen molar-refractivity contribution in [1.82, 2.24) is 4.90 Å². The summed E-state index contributed by atoms with van der Waals surface area (Å²) < 4.78 is 0. The molecule has 0 spiro atoms. The van der Waals surface area contributed by atoms with Crippen LogP contribution in [0, 0.1) is 17.8 Å². The second-order valence-electron chi connectivity index (χ2n) is 4.83. The molecule has 0 aromatic carbocycles. The summed E-state index contributed by atoms with van der Waals surface area (Å²) in [5, 5.41) is 11.7. The predicted molar refractivity (Wildman–Crippen MR) is 75.3 cm³/mol. The van der Waals surface area contributed by atoms with E-state index in [0.717, 1.165) is 31.6 Å². The topological polar surface area (TPSA) is 49.5 Å². The van der Waals surface area contributed by atoms with Gasteiger partial charge in [0.2, 0.25) is 0 Å². The summed E-state index contributed by atoms with van der Waals surface area (Å²) in [7, 11) is 0. The molecule has 2 rings (SSSR count). The Morgan fingerprint density at radius 2 is 2.50 bits per heavy atom. The average Bonchev–Trinajstić information content (AvgIpc) is 2.96. The molecular formula is C14H20N2OS. The molecule has 1 aliphatic rings. The van der Waals surface area contributed by atoms with Crippen LogP contribution in [0.25, 0.3) is 0 Å². The van der Waals surface area contributed by atoms with Gasteiger partial charge in [-0.2, -0.15) is 0 Å². The van der Waals surface area contributed by atoms with Gasteiger partial charge in [0.25, 0.3) is 0 Å². The number of aliphatic hydroxyl groups excluding tert-OH is 1. The second kappa shape index (κ2) is 6.35. The van der Waals surface area contributed by atoms with Crippen molar-refractivity contribution in [2.45, 2.75) is 26.0 Å². The molecule has 1 aromatic rings. The molecule has 3 N–H and O–H groups in total. The summed E-state index contributed by atoms with van der Waals surface area (Å²) in [4.78, 5) is 3.74. The fourth-order valence-corrected chi connectivity index (χ4v) is 3.16. The van der Waals surface area contributed by atoms with E-state index >= 15 is 0 Å². The van der Waals surface area contributed by atoms with E-state index in [1.165, 1.54) is 4.88 Å². The van der Waals surface area contributed by atoms with Gasteiger partial charge in [-0.05, 0) is 31.9 Å². The first-order valence-corrected chi connectivity index (χ1v) is 7.23. The van der Waals surface area contributed by atoms with E-state index in [4.69, 9.17) is 5.73 Å². The van der Waals surface area contributed by atoms with Gasteiger partial charge in [0.15, 0.2) is 0 Å². The molecule has 3 nitrogen and oxygen atoms in total. The van der Waals surface area contributed by atoms with E-state index in [0.29, 0.717) is 12.5 Å². The van der Waals surface area contributed by atoms with E-state index in [1.807, 2.05) is 6.92 Å². The molecule has 1 aromatic heterocycles. The Balaban J connectivity index is 1.89. The van der Waals surface area contributed by atoms with Crippen LogP contribution in [0.2, 0.25) is 0 Å². The fourth-order valence-electron chi connectivity index (χ4n) is 2.30. The van der Waals surface area contributed by atoms with Crippen molar-refractivity contribution in [2.75, 3.05) is 19.6 Å². The first kappa shape index (κ1) is 13.6. The van der Waals surface area contributed by atoms with Crippen molar-refractivity contribution < 1.29 is 5.11 Å². The quantitative estimate of drug-likeness (QED) is 0.808. The molecule has 98 valence electrons. The molecule has 4 heteroatoms. The van der Waals surface area contributed by atoms with Gasteiger partial charge < -0.3 is 10.8 Å². The van der Waals surface area contributed by atoms with Gasteiger partial charge in [0.1, 0.15) is 0 Å². The number of nitrogens with two attached hydrogens (primary N) is 1. The number of nitrogens with zero attached hydrogens (tertiary/aromatic N) is 1. The molecule has 18 heavy (non-hydrogen) atoms. The molecule has 2 unspecified atom stereocenters. The zero-order valence-corrected chi connectivity index (χ0v) is 11.5. The maximum Gasteiger partial charge on any atom is 0.0555 e. The number of thiophene rings is 1. The summed E-state index contributed by atoms with van der Waals surface area (Å²) in [6, 6.07) is 2.14. The minimum atomic E-state index is -0.190. The molecule has 2 atom stereocenters. The second-order valence-corrected chi connectivity index (χ2v) is 5.83. The zero-order valence-electron chi connectivity index (χ0n) is 10.7. The maximum atomic E-state index is 9.58. The SMILES string of the molecule is CC(O)C1CCN(Cc2cc(C#CCN)cs2)C1. The molecule has 1 saturated heterocycles. The van der Waals surface area contributed by atoms with Crippen LogP contribution in [-0.4, -0.2) is 35.7 Å². The van der Waals surface area contributed by atoms with Gasteiger partial charge in [-0.1, -0.05) is 11.8 Å². The van der Waals surface area contributed by atoms with E-state index in [2.05, 4.69) is 28.2 Å². The van der Waals surface area contributed by atoms with Crippen molar-refractivity contribution in [2.24, 2.45) is 11.7 Å².